The monoisotopic (exact) mass is 132 g/mol. The molecule has 2 heterocycles. The molecular formula is C7H6N3. The Morgan fingerprint density at radius 3 is 3.20 bits per heavy atom. The van der Waals surface area contributed by atoms with Crippen LogP contribution in [0.4, 0.5) is 0 Å². The predicted molar refractivity (Wildman–Crippen MR) is 37.5 cm³/mol. The number of fused-ring (bicyclic) bond motifs is 1. The second-order valence-electron chi connectivity index (χ2n) is 2.13. The molecule has 0 aromatic carbocycles. The predicted octanol–water partition coefficient (Wildman–Crippen LogP) is 1.07. The Morgan fingerprint density at radius 1 is 1.50 bits per heavy atom. The highest BCUT2D eigenvalue weighted by molar-refractivity contribution is 5.72. The van der Waals surface area contributed by atoms with E-state index in [1.807, 2.05) is 6.92 Å². The van der Waals surface area contributed by atoms with Crippen molar-refractivity contribution in [1.29, 1.82) is 0 Å². The summed E-state index contributed by atoms with van der Waals surface area (Å²) in [5.74, 6) is 0. The average molecular weight is 132 g/mol. The largest absolute Gasteiger partial charge is 0.343 e. The second-order valence-corrected chi connectivity index (χ2v) is 2.13. The van der Waals surface area contributed by atoms with E-state index in [1.54, 1.807) is 12.5 Å². The molecule has 0 bridgehead atoms. The van der Waals surface area contributed by atoms with E-state index in [2.05, 4.69) is 21.0 Å². The van der Waals surface area contributed by atoms with Crippen LogP contribution in [-0.2, 0) is 0 Å². The summed E-state index contributed by atoms with van der Waals surface area (Å²) in [5.41, 5.74) is 2.79. The fourth-order valence-corrected chi connectivity index (χ4v) is 0.923. The van der Waals surface area contributed by atoms with Gasteiger partial charge in [-0.2, -0.15) is 0 Å². The number of H-pyrrole nitrogens is 1. The minimum atomic E-state index is 0.760. The maximum absolute atomic E-state index is 4.00. The van der Waals surface area contributed by atoms with Crippen LogP contribution >= 0.6 is 0 Å². The molecule has 0 amide bonds. The van der Waals surface area contributed by atoms with E-state index < -0.39 is 0 Å². The highest BCUT2D eigenvalue weighted by Gasteiger charge is 1.97. The van der Waals surface area contributed by atoms with Crippen molar-refractivity contribution in [3.8, 4) is 0 Å². The Labute approximate surface area is 58.1 Å². The number of imidazole rings is 1. The molecule has 0 aliphatic rings. The molecule has 2 aromatic heterocycles. The van der Waals surface area contributed by atoms with Crippen LogP contribution in [0.5, 0.6) is 0 Å². The average Bonchev–Trinajstić information content (AvgIpc) is 2.36. The quantitative estimate of drug-likeness (QED) is 0.582. The van der Waals surface area contributed by atoms with Crippen molar-refractivity contribution < 1.29 is 0 Å². The summed E-state index contributed by atoms with van der Waals surface area (Å²) in [5, 5.41) is 0. The van der Waals surface area contributed by atoms with Crippen LogP contribution in [0.1, 0.15) is 5.56 Å². The van der Waals surface area contributed by atoms with Crippen LogP contribution in [0.25, 0.3) is 11.2 Å². The van der Waals surface area contributed by atoms with Crippen LogP contribution in [0.2, 0.25) is 0 Å². The molecule has 0 saturated carbocycles. The fraction of sp³-hybridized carbons (Fsp3) is 0.143. The minimum Gasteiger partial charge on any atom is -0.343 e. The number of hydrogen-bond acceptors (Lipinski definition) is 2. The summed E-state index contributed by atoms with van der Waals surface area (Å²) in [6.07, 6.45) is 3.27. The Bertz CT molecular complexity index is 350. The van der Waals surface area contributed by atoms with E-state index in [1.165, 1.54) is 0 Å². The third-order valence-corrected chi connectivity index (χ3v) is 1.46. The Hall–Kier alpha value is -1.38. The zero-order valence-corrected chi connectivity index (χ0v) is 5.55. The highest BCUT2D eigenvalue weighted by Crippen LogP contribution is 2.08. The van der Waals surface area contributed by atoms with E-state index >= 15 is 0 Å². The highest BCUT2D eigenvalue weighted by atomic mass is 14.9. The summed E-state index contributed by atoms with van der Waals surface area (Å²) >= 11 is 0. The van der Waals surface area contributed by atoms with Crippen molar-refractivity contribution >= 4 is 11.2 Å². The van der Waals surface area contributed by atoms with Gasteiger partial charge in [0, 0.05) is 12.3 Å². The molecule has 0 aliphatic heterocycles. The van der Waals surface area contributed by atoms with Gasteiger partial charge in [-0.3, -0.25) is 0 Å². The summed E-state index contributed by atoms with van der Waals surface area (Å²) in [6, 6.07) is 2.98. The lowest BCUT2D eigenvalue weighted by Gasteiger charge is -1.89. The summed E-state index contributed by atoms with van der Waals surface area (Å²) < 4.78 is 0. The van der Waals surface area contributed by atoms with Crippen LogP contribution in [-0.4, -0.2) is 15.0 Å². The molecule has 2 rings (SSSR count). The maximum atomic E-state index is 4.00. The van der Waals surface area contributed by atoms with E-state index in [-0.39, 0.29) is 0 Å². The van der Waals surface area contributed by atoms with Gasteiger partial charge in [0.2, 0.25) is 0 Å². The van der Waals surface area contributed by atoms with Gasteiger partial charge in [0.15, 0.2) is 5.65 Å². The number of aromatic nitrogens is 3. The van der Waals surface area contributed by atoms with E-state index in [4.69, 9.17) is 0 Å². The number of aromatic amines is 1. The van der Waals surface area contributed by atoms with Crippen molar-refractivity contribution in [1.82, 2.24) is 15.0 Å². The lowest BCUT2D eigenvalue weighted by atomic mass is 10.3. The van der Waals surface area contributed by atoms with Gasteiger partial charge >= 0.3 is 0 Å². The van der Waals surface area contributed by atoms with Gasteiger partial charge in [-0.25, -0.2) is 9.97 Å². The number of pyridine rings is 1. The first-order chi connectivity index (χ1) is 4.88. The number of rotatable bonds is 0. The van der Waals surface area contributed by atoms with Crippen molar-refractivity contribution in [2.75, 3.05) is 0 Å². The lowest BCUT2D eigenvalue weighted by Crippen LogP contribution is -1.79. The van der Waals surface area contributed by atoms with Crippen molar-refractivity contribution in [2.24, 2.45) is 0 Å². The molecule has 2 aromatic rings. The minimum absolute atomic E-state index is 0.760. The third-order valence-electron chi connectivity index (χ3n) is 1.46. The molecule has 1 radical (unpaired) electrons. The fourth-order valence-electron chi connectivity index (χ4n) is 0.923. The molecule has 3 heteroatoms. The SMILES string of the molecule is Cc1[c]cnc2nc[nH]c12. The number of aryl methyl sites for hydroxylation is 1. The van der Waals surface area contributed by atoms with E-state index in [0.29, 0.717) is 0 Å². The Kier molecular flexibility index (Phi) is 0.974. The molecule has 49 valence electrons. The van der Waals surface area contributed by atoms with Crippen LogP contribution in [0.15, 0.2) is 12.5 Å². The molecule has 3 nitrogen and oxygen atoms in total. The van der Waals surface area contributed by atoms with Gasteiger partial charge in [0.05, 0.1) is 11.8 Å². The zero-order chi connectivity index (χ0) is 6.97. The van der Waals surface area contributed by atoms with E-state index in [0.717, 1.165) is 16.7 Å². The third kappa shape index (κ3) is 0.603. The molecular weight excluding hydrogens is 126 g/mol. The lowest BCUT2D eigenvalue weighted by molar-refractivity contribution is 1.30. The number of hydrogen-bond donors (Lipinski definition) is 1. The summed E-state index contributed by atoms with van der Waals surface area (Å²) in [4.78, 5) is 11.0. The van der Waals surface area contributed by atoms with Crippen molar-refractivity contribution in [3.05, 3.63) is 24.2 Å². The molecule has 0 fully saturated rings. The second kappa shape index (κ2) is 1.80. The van der Waals surface area contributed by atoms with Gasteiger partial charge in [0.25, 0.3) is 0 Å². The standard InChI is InChI=1S/C7H6N3/c1-5-2-3-8-7-6(5)9-4-10-7/h3-4H,1H3,(H,8,9,10). The van der Waals surface area contributed by atoms with Crippen LogP contribution in [0, 0.1) is 13.0 Å². The topological polar surface area (TPSA) is 41.6 Å². The summed E-state index contributed by atoms with van der Waals surface area (Å²) in [7, 11) is 0. The summed E-state index contributed by atoms with van der Waals surface area (Å²) in [6.45, 7) is 1.97. The van der Waals surface area contributed by atoms with Gasteiger partial charge in [0.1, 0.15) is 0 Å². The van der Waals surface area contributed by atoms with E-state index in [9.17, 15) is 0 Å². The normalized spacial score (nSPS) is 10.5. The molecule has 0 aliphatic carbocycles. The maximum Gasteiger partial charge on any atom is 0.177 e. The molecule has 0 spiro atoms. The molecule has 10 heavy (non-hydrogen) atoms. The smallest absolute Gasteiger partial charge is 0.177 e. The molecule has 0 unspecified atom stereocenters. The molecule has 0 atom stereocenters. The first-order valence-corrected chi connectivity index (χ1v) is 3.04. The number of nitrogens with one attached hydrogen (secondary N) is 1. The first-order valence-electron chi connectivity index (χ1n) is 3.04. The van der Waals surface area contributed by atoms with Gasteiger partial charge in [-0.1, -0.05) is 0 Å². The first kappa shape index (κ1) is 5.41. The molecule has 0 saturated heterocycles. The van der Waals surface area contributed by atoms with Gasteiger partial charge < -0.3 is 4.98 Å². The van der Waals surface area contributed by atoms with Gasteiger partial charge in [-0.05, 0) is 12.5 Å². The van der Waals surface area contributed by atoms with Crippen molar-refractivity contribution in [2.45, 2.75) is 6.92 Å². The van der Waals surface area contributed by atoms with Gasteiger partial charge in [-0.15, -0.1) is 0 Å². The van der Waals surface area contributed by atoms with Crippen molar-refractivity contribution in [3.63, 3.8) is 0 Å². The van der Waals surface area contributed by atoms with Crippen LogP contribution in [0.3, 0.4) is 0 Å². The zero-order valence-electron chi connectivity index (χ0n) is 5.55. The Balaban J connectivity index is 2.95. The number of nitrogens with zero attached hydrogens (tertiary/aromatic N) is 2. The van der Waals surface area contributed by atoms with Crippen LogP contribution < -0.4 is 0 Å². The Morgan fingerprint density at radius 2 is 2.40 bits per heavy atom. The molecule has 1 N–H and O–H groups in total.